The van der Waals surface area contributed by atoms with Gasteiger partial charge in [0.2, 0.25) is 5.91 Å². The summed E-state index contributed by atoms with van der Waals surface area (Å²) < 4.78 is 53.0. The second-order valence-corrected chi connectivity index (χ2v) is 14.8. The maximum absolute atomic E-state index is 15.1. The average molecular weight is 614 g/mol. The summed E-state index contributed by atoms with van der Waals surface area (Å²) in [7, 11) is -3.02. The first-order chi connectivity index (χ1) is 19.9. The molecule has 2 aromatic heterocycles. The fourth-order valence-electron chi connectivity index (χ4n) is 6.45. The molecule has 222 valence electrons. The van der Waals surface area contributed by atoms with Gasteiger partial charge in [-0.25, -0.2) is 22.2 Å². The summed E-state index contributed by atoms with van der Waals surface area (Å²) in [5.74, 6) is -2.79. The van der Waals surface area contributed by atoms with Crippen LogP contribution in [0, 0.1) is 34.4 Å². The number of nitrogens with zero attached hydrogens (tertiary/aromatic N) is 4. The Hall–Kier alpha value is -3.43. The molecule has 1 saturated carbocycles. The molecule has 0 spiro atoms. The lowest BCUT2D eigenvalue weighted by Gasteiger charge is -2.46. The molecular weight excluding hydrogens is 580 g/mol. The number of aromatic nitrogens is 2. The van der Waals surface area contributed by atoms with Gasteiger partial charge in [-0.15, -0.1) is 11.3 Å². The van der Waals surface area contributed by atoms with Crippen LogP contribution in [0.5, 0.6) is 0 Å². The molecule has 3 aromatic rings. The Balaban J connectivity index is 1.64. The van der Waals surface area contributed by atoms with E-state index in [0.717, 1.165) is 22.3 Å². The summed E-state index contributed by atoms with van der Waals surface area (Å²) in [5.41, 5.74) is 7.23. The Morgan fingerprint density at radius 2 is 1.86 bits per heavy atom. The monoisotopic (exact) mass is 613 g/mol. The Kier molecular flexibility index (Phi) is 8.36. The summed E-state index contributed by atoms with van der Waals surface area (Å²) >= 11 is 1.31. The maximum Gasteiger partial charge on any atom is 0.225 e. The van der Waals surface area contributed by atoms with Crippen molar-refractivity contribution in [1.29, 1.82) is 5.26 Å². The highest BCUT2D eigenvalue weighted by Crippen LogP contribution is 2.56. The first-order valence-electron chi connectivity index (χ1n) is 14.0. The van der Waals surface area contributed by atoms with Crippen LogP contribution < -0.4 is 10.6 Å². The molecule has 3 heterocycles. The lowest BCUT2D eigenvalue weighted by Crippen LogP contribution is -2.52. The number of nitriles is 1. The van der Waals surface area contributed by atoms with E-state index in [1.54, 1.807) is 0 Å². The summed E-state index contributed by atoms with van der Waals surface area (Å²) in [5, 5.41) is 10.7. The number of amides is 1. The number of nitrogens with two attached hydrogens (primary N) is 1. The number of benzene rings is 1. The highest BCUT2D eigenvalue weighted by Gasteiger charge is 2.56. The van der Waals surface area contributed by atoms with E-state index in [1.807, 2.05) is 43.0 Å². The van der Waals surface area contributed by atoms with Gasteiger partial charge in [0, 0.05) is 36.5 Å². The third kappa shape index (κ3) is 5.64. The molecule has 0 bridgehead atoms. The summed E-state index contributed by atoms with van der Waals surface area (Å²) in [6.07, 6.45) is 1.62. The number of hydrogen-bond donors (Lipinski definition) is 1. The normalized spacial score (nSPS) is 24.7. The Bertz CT molecular complexity index is 1610. The van der Waals surface area contributed by atoms with Crippen LogP contribution in [0.25, 0.3) is 21.0 Å². The second-order valence-electron chi connectivity index (χ2n) is 11.5. The number of carbonyl (C=O) groups excluding carboxylic acids is 1. The van der Waals surface area contributed by atoms with E-state index in [2.05, 4.69) is 11.1 Å². The molecule has 1 saturated heterocycles. The number of thiazole rings is 1. The molecule has 1 aliphatic carbocycles. The van der Waals surface area contributed by atoms with Gasteiger partial charge in [-0.2, -0.15) is 5.26 Å². The molecule has 3 unspecified atom stereocenters. The maximum atomic E-state index is 15.1. The van der Waals surface area contributed by atoms with E-state index in [4.69, 9.17) is 10.7 Å². The number of sulfone groups is 1. The Labute approximate surface area is 248 Å². The van der Waals surface area contributed by atoms with Crippen molar-refractivity contribution in [3.63, 3.8) is 0 Å². The molecule has 1 amide bonds. The molecule has 0 radical (unpaired) electrons. The van der Waals surface area contributed by atoms with E-state index in [1.165, 1.54) is 23.6 Å². The number of alkyl halides is 1. The number of carbonyl (C=O) groups is 1. The van der Waals surface area contributed by atoms with Crippen molar-refractivity contribution >= 4 is 32.8 Å². The van der Waals surface area contributed by atoms with Crippen molar-refractivity contribution in [1.82, 2.24) is 9.97 Å². The van der Waals surface area contributed by atoms with Gasteiger partial charge in [-0.1, -0.05) is 26.0 Å². The molecule has 1 aliphatic heterocycles. The predicted molar refractivity (Wildman–Crippen MR) is 159 cm³/mol. The summed E-state index contributed by atoms with van der Waals surface area (Å²) in [6.45, 7) is 4.47. The summed E-state index contributed by atoms with van der Waals surface area (Å²) in [6, 6.07) is 11.2. The SMILES string of the molecule is CC(C)[C@H](C#N)C1(C(N)=O)CC(F)CCC1c1nc(-c2cncc(F)c2)sc1-c1ccc(N2CCS(=O)(=O)CC2)cc1. The van der Waals surface area contributed by atoms with Crippen LogP contribution in [0.4, 0.5) is 14.5 Å². The van der Waals surface area contributed by atoms with Crippen molar-refractivity contribution in [3.8, 4) is 27.1 Å². The van der Waals surface area contributed by atoms with Crippen LogP contribution in [0.3, 0.4) is 0 Å². The van der Waals surface area contributed by atoms with Crippen LogP contribution >= 0.6 is 11.3 Å². The molecule has 42 heavy (non-hydrogen) atoms. The molecule has 2 aliphatic rings. The quantitative estimate of drug-likeness (QED) is 0.392. The molecule has 4 atom stereocenters. The zero-order chi connectivity index (χ0) is 30.2. The lowest BCUT2D eigenvalue weighted by atomic mass is 9.55. The van der Waals surface area contributed by atoms with Gasteiger partial charge in [0.05, 0.1) is 45.7 Å². The van der Waals surface area contributed by atoms with Gasteiger partial charge in [0.25, 0.3) is 0 Å². The standard InChI is InChI=1S/C30H33F2N5O3S2/c1-18(2)25(15-33)30(29(34)38)14-21(31)5-8-24(30)26-27(41-28(36-26)20-13-22(32)17-35-16-20)19-3-6-23(7-4-19)37-9-11-42(39,40)12-10-37/h3-4,6-7,13,16-18,21,24-25H,5,8-12,14H2,1-2H3,(H2,34,38)/t21?,24?,25-,30?/m0/s1. The minimum atomic E-state index is -3.02. The van der Waals surface area contributed by atoms with Crippen molar-refractivity contribution in [3.05, 3.63) is 54.2 Å². The zero-order valence-electron chi connectivity index (χ0n) is 23.5. The largest absolute Gasteiger partial charge is 0.369 e. The van der Waals surface area contributed by atoms with Crippen LogP contribution in [0.15, 0.2) is 42.7 Å². The van der Waals surface area contributed by atoms with Gasteiger partial charge in [0.1, 0.15) is 17.0 Å². The number of rotatable bonds is 7. The fourth-order valence-corrected chi connectivity index (χ4v) is 8.76. The van der Waals surface area contributed by atoms with Gasteiger partial charge in [0.15, 0.2) is 9.84 Å². The third-order valence-corrected chi connectivity index (χ3v) is 11.3. The highest BCUT2D eigenvalue weighted by atomic mass is 32.2. The molecule has 5 rings (SSSR count). The second kappa shape index (κ2) is 11.7. The highest BCUT2D eigenvalue weighted by molar-refractivity contribution is 7.91. The average Bonchev–Trinajstić information content (AvgIpc) is 3.38. The van der Waals surface area contributed by atoms with Gasteiger partial charge < -0.3 is 10.6 Å². The minimum Gasteiger partial charge on any atom is -0.369 e. The molecule has 2 N–H and O–H groups in total. The predicted octanol–water partition coefficient (Wildman–Crippen LogP) is 5.12. The van der Waals surface area contributed by atoms with Crippen LogP contribution in [0.2, 0.25) is 0 Å². The first kappa shape index (κ1) is 30.0. The van der Waals surface area contributed by atoms with Gasteiger partial charge in [-0.05, 0) is 48.9 Å². The van der Waals surface area contributed by atoms with E-state index in [-0.39, 0.29) is 36.7 Å². The Morgan fingerprint density at radius 3 is 2.45 bits per heavy atom. The van der Waals surface area contributed by atoms with Crippen molar-refractivity contribution in [2.45, 2.75) is 45.2 Å². The number of anilines is 1. The molecule has 12 heteroatoms. The zero-order valence-corrected chi connectivity index (χ0v) is 25.1. The van der Waals surface area contributed by atoms with Crippen molar-refractivity contribution in [2.75, 3.05) is 29.5 Å². The molecule has 2 fully saturated rings. The topological polar surface area (TPSA) is 130 Å². The molecular formula is C30H33F2N5O3S2. The molecule has 8 nitrogen and oxygen atoms in total. The first-order valence-corrected chi connectivity index (χ1v) is 16.6. The number of hydrogen-bond acceptors (Lipinski definition) is 8. The van der Waals surface area contributed by atoms with Gasteiger partial charge in [-0.3, -0.25) is 9.78 Å². The molecule has 1 aromatic carbocycles. The van der Waals surface area contributed by atoms with Crippen LogP contribution in [0.1, 0.15) is 44.7 Å². The number of halogens is 2. The van der Waals surface area contributed by atoms with E-state index >= 15 is 4.39 Å². The Morgan fingerprint density at radius 1 is 1.17 bits per heavy atom. The fraction of sp³-hybridized carbons (Fsp3) is 0.467. The van der Waals surface area contributed by atoms with E-state index in [9.17, 15) is 22.9 Å². The third-order valence-electron chi connectivity index (χ3n) is 8.54. The lowest BCUT2D eigenvalue weighted by molar-refractivity contribution is -0.136. The smallest absolute Gasteiger partial charge is 0.225 e. The van der Waals surface area contributed by atoms with Crippen molar-refractivity contribution < 1.29 is 22.0 Å². The van der Waals surface area contributed by atoms with E-state index in [0.29, 0.717) is 29.4 Å². The minimum absolute atomic E-state index is 0.0983. The van der Waals surface area contributed by atoms with Crippen LogP contribution in [-0.4, -0.2) is 55.1 Å². The van der Waals surface area contributed by atoms with Crippen molar-refractivity contribution in [2.24, 2.45) is 23.0 Å². The van der Waals surface area contributed by atoms with E-state index < -0.39 is 45.0 Å². The summed E-state index contributed by atoms with van der Waals surface area (Å²) in [4.78, 5) is 24.9. The van der Waals surface area contributed by atoms with Gasteiger partial charge >= 0.3 is 0 Å². The number of primary amides is 1. The van der Waals surface area contributed by atoms with Crippen LogP contribution in [-0.2, 0) is 14.6 Å². The number of pyridine rings is 1.